The summed E-state index contributed by atoms with van der Waals surface area (Å²) in [4.78, 5) is 23.6. The summed E-state index contributed by atoms with van der Waals surface area (Å²) in [6.07, 6.45) is 0.818. The number of ether oxygens (including phenoxy) is 1. The minimum absolute atomic E-state index is 0.379. The number of benzene rings is 1. The van der Waals surface area contributed by atoms with Gasteiger partial charge in [0.25, 0.3) is 5.91 Å². The second-order valence-electron chi connectivity index (χ2n) is 5.37. The lowest BCUT2D eigenvalue weighted by atomic mass is 10.1. The average molecular weight is 355 g/mol. The number of hydrazine groups is 1. The minimum atomic E-state index is -0.728. The van der Waals surface area contributed by atoms with Gasteiger partial charge in [-0.05, 0) is 32.9 Å². The van der Waals surface area contributed by atoms with Crippen molar-refractivity contribution in [3.63, 3.8) is 0 Å². The highest BCUT2D eigenvalue weighted by Crippen LogP contribution is 2.22. The average Bonchev–Trinajstić information content (AvgIpc) is 2.80. The van der Waals surface area contributed by atoms with Crippen LogP contribution in [0.1, 0.15) is 31.1 Å². The lowest BCUT2D eigenvalue weighted by molar-refractivity contribution is 0.0483. The molecule has 2 rings (SSSR count). The van der Waals surface area contributed by atoms with E-state index in [1.807, 2.05) is 0 Å². The Kier molecular flexibility index (Phi) is 4.17. The fourth-order valence-electron chi connectivity index (χ4n) is 1.68. The quantitative estimate of drug-likeness (QED) is 0.685. The molecule has 3 N–H and O–H groups in total. The van der Waals surface area contributed by atoms with E-state index in [2.05, 4.69) is 37.0 Å². The van der Waals surface area contributed by atoms with Gasteiger partial charge in [-0.3, -0.25) is 15.3 Å². The van der Waals surface area contributed by atoms with Crippen LogP contribution in [0.4, 0.5) is 4.79 Å². The van der Waals surface area contributed by atoms with E-state index in [9.17, 15) is 9.59 Å². The van der Waals surface area contributed by atoms with Crippen LogP contribution in [0, 0.1) is 0 Å². The van der Waals surface area contributed by atoms with Gasteiger partial charge in [0.05, 0.1) is 17.3 Å². The lowest BCUT2D eigenvalue weighted by Gasteiger charge is -2.19. The van der Waals surface area contributed by atoms with Crippen molar-refractivity contribution in [2.45, 2.75) is 26.4 Å². The molecule has 0 saturated heterocycles. The second kappa shape index (κ2) is 5.72. The Bertz CT molecular complexity index is 690. The van der Waals surface area contributed by atoms with Crippen molar-refractivity contribution in [3.05, 3.63) is 28.4 Å². The summed E-state index contributed by atoms with van der Waals surface area (Å²) in [7, 11) is 0. The van der Waals surface area contributed by atoms with Crippen LogP contribution < -0.4 is 10.9 Å². The van der Waals surface area contributed by atoms with E-state index in [0.29, 0.717) is 16.5 Å². The largest absolute Gasteiger partial charge is 0.443 e. The Labute approximate surface area is 129 Å². The Hall–Kier alpha value is -2.09. The molecule has 0 saturated carbocycles. The molecule has 8 heteroatoms. The molecule has 0 fully saturated rings. The number of nitrogens with one attached hydrogen (secondary N) is 3. The van der Waals surface area contributed by atoms with E-state index in [-0.39, 0.29) is 0 Å². The van der Waals surface area contributed by atoms with Gasteiger partial charge in [-0.2, -0.15) is 5.10 Å². The molecular formula is C13H15BrN4O3. The number of carbonyl (C=O) groups is 2. The standard InChI is InChI=1S/C13H15BrN4O3/c1-13(2,3)21-12(20)18-17-11(19)8-4-7(14)5-10-9(8)6-15-16-10/h4-6H,1-3H3,(H,15,16)(H,17,19)(H,18,20). The predicted molar refractivity (Wildman–Crippen MR) is 80.6 cm³/mol. The van der Waals surface area contributed by atoms with Gasteiger partial charge in [0.1, 0.15) is 5.60 Å². The van der Waals surface area contributed by atoms with Crippen LogP contribution >= 0.6 is 15.9 Å². The van der Waals surface area contributed by atoms with E-state index < -0.39 is 17.6 Å². The van der Waals surface area contributed by atoms with E-state index in [0.717, 1.165) is 4.47 Å². The third-order valence-corrected chi connectivity index (χ3v) is 2.90. The van der Waals surface area contributed by atoms with Gasteiger partial charge in [-0.15, -0.1) is 0 Å². The number of nitrogens with zero attached hydrogens (tertiary/aromatic N) is 1. The van der Waals surface area contributed by atoms with Crippen molar-refractivity contribution in [2.24, 2.45) is 0 Å². The summed E-state index contributed by atoms with van der Waals surface area (Å²) in [6.45, 7) is 5.20. The highest BCUT2D eigenvalue weighted by Gasteiger charge is 2.18. The van der Waals surface area contributed by atoms with Crippen LogP contribution in [-0.4, -0.2) is 27.8 Å². The lowest BCUT2D eigenvalue weighted by Crippen LogP contribution is -2.44. The SMILES string of the molecule is CC(C)(C)OC(=O)NNC(=O)c1cc(Br)cc2[nH]ncc12. The second-order valence-corrected chi connectivity index (χ2v) is 6.28. The third kappa shape index (κ3) is 3.94. The normalized spacial score (nSPS) is 11.2. The molecule has 1 aromatic carbocycles. The van der Waals surface area contributed by atoms with Crippen LogP contribution in [0.3, 0.4) is 0 Å². The number of carbonyl (C=O) groups excluding carboxylic acids is 2. The van der Waals surface area contributed by atoms with Gasteiger partial charge in [-0.25, -0.2) is 10.2 Å². The van der Waals surface area contributed by atoms with E-state index in [4.69, 9.17) is 4.74 Å². The van der Waals surface area contributed by atoms with Gasteiger partial charge in [-0.1, -0.05) is 15.9 Å². The number of hydrogen-bond acceptors (Lipinski definition) is 4. The molecule has 0 radical (unpaired) electrons. The minimum Gasteiger partial charge on any atom is -0.443 e. The number of H-pyrrole nitrogens is 1. The van der Waals surface area contributed by atoms with Crippen molar-refractivity contribution in [2.75, 3.05) is 0 Å². The Morgan fingerprint density at radius 2 is 2.00 bits per heavy atom. The molecule has 0 aliphatic rings. The molecule has 0 aliphatic carbocycles. The highest BCUT2D eigenvalue weighted by atomic mass is 79.9. The first-order chi connectivity index (χ1) is 9.76. The molecule has 2 amide bonds. The van der Waals surface area contributed by atoms with Crippen molar-refractivity contribution >= 4 is 38.8 Å². The van der Waals surface area contributed by atoms with Gasteiger partial charge >= 0.3 is 6.09 Å². The molecule has 0 atom stereocenters. The van der Waals surface area contributed by atoms with Crippen LogP contribution in [0.2, 0.25) is 0 Å². The van der Waals surface area contributed by atoms with Gasteiger partial charge < -0.3 is 4.74 Å². The van der Waals surface area contributed by atoms with Crippen molar-refractivity contribution in [1.82, 2.24) is 21.0 Å². The van der Waals surface area contributed by atoms with Crippen LogP contribution in [0.5, 0.6) is 0 Å². The third-order valence-electron chi connectivity index (χ3n) is 2.45. The summed E-state index contributed by atoms with van der Waals surface area (Å²) in [5, 5.41) is 7.33. The zero-order valence-electron chi connectivity index (χ0n) is 11.8. The summed E-state index contributed by atoms with van der Waals surface area (Å²) in [5.74, 6) is -0.464. The Morgan fingerprint density at radius 3 is 2.67 bits per heavy atom. The predicted octanol–water partition coefficient (Wildman–Crippen LogP) is 2.49. The molecule has 0 aliphatic heterocycles. The number of amides is 2. The zero-order chi connectivity index (χ0) is 15.6. The first-order valence-electron chi connectivity index (χ1n) is 6.18. The van der Waals surface area contributed by atoms with E-state index in [1.165, 1.54) is 0 Å². The van der Waals surface area contributed by atoms with E-state index >= 15 is 0 Å². The molecule has 1 heterocycles. The first kappa shape index (κ1) is 15.3. The maximum absolute atomic E-state index is 12.1. The van der Waals surface area contributed by atoms with Gasteiger partial charge in [0.15, 0.2) is 0 Å². The molecule has 0 unspecified atom stereocenters. The highest BCUT2D eigenvalue weighted by molar-refractivity contribution is 9.10. The van der Waals surface area contributed by atoms with Gasteiger partial charge in [0.2, 0.25) is 0 Å². The molecule has 21 heavy (non-hydrogen) atoms. The Balaban J connectivity index is 2.09. The summed E-state index contributed by atoms with van der Waals surface area (Å²) in [5.41, 5.74) is 4.97. The fraction of sp³-hybridized carbons (Fsp3) is 0.308. The number of halogens is 1. The summed E-state index contributed by atoms with van der Waals surface area (Å²) >= 11 is 3.32. The monoisotopic (exact) mass is 354 g/mol. The fourth-order valence-corrected chi connectivity index (χ4v) is 2.14. The molecule has 112 valence electrons. The van der Waals surface area contributed by atoms with Crippen molar-refractivity contribution in [1.29, 1.82) is 0 Å². The maximum atomic E-state index is 12.1. The molecule has 0 spiro atoms. The smallest absolute Gasteiger partial charge is 0.426 e. The van der Waals surface area contributed by atoms with E-state index in [1.54, 1.807) is 39.1 Å². The maximum Gasteiger partial charge on any atom is 0.426 e. The zero-order valence-corrected chi connectivity index (χ0v) is 13.4. The van der Waals surface area contributed by atoms with Crippen LogP contribution in [0.25, 0.3) is 10.9 Å². The first-order valence-corrected chi connectivity index (χ1v) is 6.97. The number of aromatic nitrogens is 2. The topological polar surface area (TPSA) is 96.1 Å². The number of hydrogen-bond donors (Lipinski definition) is 3. The number of aromatic amines is 1. The van der Waals surface area contributed by atoms with Crippen LogP contribution in [0.15, 0.2) is 22.8 Å². The van der Waals surface area contributed by atoms with Crippen LogP contribution in [-0.2, 0) is 4.74 Å². The molecule has 0 bridgehead atoms. The number of fused-ring (bicyclic) bond motifs is 1. The van der Waals surface area contributed by atoms with Gasteiger partial charge in [0, 0.05) is 9.86 Å². The molecular weight excluding hydrogens is 340 g/mol. The molecule has 2 aromatic rings. The van der Waals surface area contributed by atoms with Crippen molar-refractivity contribution < 1.29 is 14.3 Å². The number of rotatable bonds is 1. The molecule has 7 nitrogen and oxygen atoms in total. The summed E-state index contributed by atoms with van der Waals surface area (Å²) in [6, 6.07) is 3.45. The van der Waals surface area contributed by atoms with Crippen molar-refractivity contribution in [3.8, 4) is 0 Å². The molecule has 1 aromatic heterocycles. The Morgan fingerprint density at radius 1 is 1.29 bits per heavy atom. The summed E-state index contributed by atoms with van der Waals surface area (Å²) < 4.78 is 5.75.